The standard InChI is InChI=1S/C22H21N3O3/c1-15-21(16(2)28-24-15)14-27-20-10-8-19(9-11-20)22(26)25(3)13-18-6-4-17(12-23)5-7-18/h4-11H,13-14H2,1-3H3. The maximum absolute atomic E-state index is 12.6. The molecule has 6 nitrogen and oxygen atoms in total. The molecule has 0 N–H and O–H groups in total. The van der Waals surface area contributed by atoms with Gasteiger partial charge in [-0.15, -0.1) is 0 Å². The molecule has 2 aromatic carbocycles. The summed E-state index contributed by atoms with van der Waals surface area (Å²) in [7, 11) is 1.75. The molecule has 6 heteroatoms. The van der Waals surface area contributed by atoms with E-state index in [2.05, 4.69) is 11.2 Å². The number of ether oxygens (including phenoxy) is 1. The Kier molecular flexibility index (Phi) is 5.75. The van der Waals surface area contributed by atoms with Gasteiger partial charge in [0.05, 0.1) is 22.9 Å². The summed E-state index contributed by atoms with van der Waals surface area (Å²) in [5.74, 6) is 1.33. The van der Waals surface area contributed by atoms with Crippen LogP contribution in [0.25, 0.3) is 0 Å². The Morgan fingerprint density at radius 1 is 1.14 bits per heavy atom. The number of amides is 1. The van der Waals surface area contributed by atoms with Gasteiger partial charge in [-0.2, -0.15) is 5.26 Å². The van der Waals surface area contributed by atoms with E-state index < -0.39 is 0 Å². The number of nitrogens with zero attached hydrogens (tertiary/aromatic N) is 3. The molecule has 3 aromatic rings. The first-order valence-corrected chi connectivity index (χ1v) is 8.87. The first-order chi connectivity index (χ1) is 13.5. The third kappa shape index (κ3) is 4.38. The largest absolute Gasteiger partial charge is 0.489 e. The van der Waals surface area contributed by atoms with Crippen LogP contribution < -0.4 is 4.74 Å². The van der Waals surface area contributed by atoms with E-state index in [9.17, 15) is 4.79 Å². The van der Waals surface area contributed by atoms with Crippen molar-refractivity contribution in [3.05, 3.63) is 82.2 Å². The van der Waals surface area contributed by atoms with Crippen LogP contribution in [0.15, 0.2) is 53.1 Å². The Hall–Kier alpha value is -3.59. The molecule has 3 rings (SSSR count). The summed E-state index contributed by atoms with van der Waals surface area (Å²) < 4.78 is 10.9. The third-order valence-electron chi connectivity index (χ3n) is 4.52. The van der Waals surface area contributed by atoms with Crippen molar-refractivity contribution in [1.82, 2.24) is 10.1 Å². The Morgan fingerprint density at radius 3 is 2.39 bits per heavy atom. The van der Waals surface area contributed by atoms with Crippen molar-refractivity contribution >= 4 is 5.91 Å². The van der Waals surface area contributed by atoms with Crippen LogP contribution in [-0.2, 0) is 13.2 Å². The van der Waals surface area contributed by atoms with Crippen LogP contribution in [0, 0.1) is 25.2 Å². The third-order valence-corrected chi connectivity index (χ3v) is 4.52. The Labute approximate surface area is 163 Å². The molecule has 142 valence electrons. The predicted octanol–water partition coefficient (Wildman–Crippen LogP) is 4.01. The zero-order valence-corrected chi connectivity index (χ0v) is 16.1. The first-order valence-electron chi connectivity index (χ1n) is 8.87. The fourth-order valence-electron chi connectivity index (χ4n) is 2.81. The molecule has 0 bridgehead atoms. The number of aromatic nitrogens is 1. The van der Waals surface area contributed by atoms with Gasteiger partial charge in [0.15, 0.2) is 0 Å². The van der Waals surface area contributed by atoms with Crippen molar-refractivity contribution in [3.63, 3.8) is 0 Å². The molecule has 0 radical (unpaired) electrons. The normalized spacial score (nSPS) is 10.4. The summed E-state index contributed by atoms with van der Waals surface area (Å²) in [6, 6.07) is 16.4. The second-order valence-electron chi connectivity index (χ2n) is 6.59. The molecular weight excluding hydrogens is 354 g/mol. The van der Waals surface area contributed by atoms with Crippen molar-refractivity contribution in [2.75, 3.05) is 7.05 Å². The first kappa shape index (κ1) is 19.2. The highest BCUT2D eigenvalue weighted by Gasteiger charge is 2.13. The van der Waals surface area contributed by atoms with Crippen LogP contribution in [0.4, 0.5) is 0 Å². The molecule has 0 fully saturated rings. The predicted molar refractivity (Wildman–Crippen MR) is 104 cm³/mol. The van der Waals surface area contributed by atoms with Crippen molar-refractivity contribution < 1.29 is 14.1 Å². The Bertz CT molecular complexity index is 980. The number of rotatable bonds is 6. The van der Waals surface area contributed by atoms with Gasteiger partial charge in [-0.25, -0.2) is 0 Å². The molecule has 0 aliphatic rings. The van der Waals surface area contributed by atoms with Gasteiger partial charge in [-0.05, 0) is 55.8 Å². The molecule has 0 aliphatic carbocycles. The summed E-state index contributed by atoms with van der Waals surface area (Å²) in [6.07, 6.45) is 0. The highest BCUT2D eigenvalue weighted by atomic mass is 16.5. The lowest BCUT2D eigenvalue weighted by molar-refractivity contribution is 0.0785. The van der Waals surface area contributed by atoms with Crippen LogP contribution in [0.2, 0.25) is 0 Å². The lowest BCUT2D eigenvalue weighted by atomic mass is 10.1. The molecular formula is C22H21N3O3. The topological polar surface area (TPSA) is 79.4 Å². The minimum atomic E-state index is -0.0818. The molecule has 0 saturated carbocycles. The van der Waals surface area contributed by atoms with Crippen LogP contribution in [0.1, 0.15) is 38.5 Å². The summed E-state index contributed by atoms with van der Waals surface area (Å²) in [6.45, 7) is 4.56. The monoisotopic (exact) mass is 375 g/mol. The van der Waals surface area contributed by atoms with Crippen molar-refractivity contribution in [3.8, 4) is 11.8 Å². The van der Waals surface area contributed by atoms with Crippen LogP contribution in [0.3, 0.4) is 0 Å². The van der Waals surface area contributed by atoms with E-state index in [0.29, 0.717) is 30.0 Å². The van der Waals surface area contributed by atoms with E-state index in [-0.39, 0.29) is 5.91 Å². The average Bonchev–Trinajstić information content (AvgIpc) is 3.04. The van der Waals surface area contributed by atoms with E-state index in [1.165, 1.54) is 0 Å². The van der Waals surface area contributed by atoms with Crippen molar-refractivity contribution in [2.45, 2.75) is 27.0 Å². The van der Waals surface area contributed by atoms with Gasteiger partial charge in [0, 0.05) is 19.2 Å². The van der Waals surface area contributed by atoms with Crippen LogP contribution >= 0.6 is 0 Å². The highest BCUT2D eigenvalue weighted by Crippen LogP contribution is 2.19. The van der Waals surface area contributed by atoms with Crippen LogP contribution in [-0.4, -0.2) is 23.0 Å². The molecule has 0 spiro atoms. The maximum atomic E-state index is 12.6. The van der Waals surface area contributed by atoms with Crippen molar-refractivity contribution in [1.29, 1.82) is 5.26 Å². The number of carbonyl (C=O) groups is 1. The Balaban J connectivity index is 1.60. The molecule has 1 heterocycles. The summed E-state index contributed by atoms with van der Waals surface area (Å²) >= 11 is 0. The number of aryl methyl sites for hydroxylation is 2. The van der Waals surface area contributed by atoms with E-state index in [4.69, 9.17) is 14.5 Å². The SMILES string of the molecule is Cc1noc(C)c1COc1ccc(C(=O)N(C)Cc2ccc(C#N)cc2)cc1. The second kappa shape index (κ2) is 8.40. The highest BCUT2D eigenvalue weighted by molar-refractivity contribution is 5.94. The number of hydrogen-bond acceptors (Lipinski definition) is 5. The van der Waals surface area contributed by atoms with Gasteiger partial charge in [0.1, 0.15) is 18.1 Å². The molecule has 0 saturated heterocycles. The molecule has 28 heavy (non-hydrogen) atoms. The van der Waals surface area contributed by atoms with Gasteiger partial charge in [0.2, 0.25) is 0 Å². The summed E-state index contributed by atoms with van der Waals surface area (Å²) in [4.78, 5) is 14.3. The average molecular weight is 375 g/mol. The number of benzene rings is 2. The second-order valence-corrected chi connectivity index (χ2v) is 6.59. The van der Waals surface area contributed by atoms with Gasteiger partial charge in [-0.1, -0.05) is 17.3 Å². The summed E-state index contributed by atoms with van der Waals surface area (Å²) in [5, 5.41) is 12.8. The minimum Gasteiger partial charge on any atom is -0.489 e. The van der Waals surface area contributed by atoms with Crippen molar-refractivity contribution in [2.24, 2.45) is 0 Å². The molecule has 0 unspecified atom stereocenters. The lowest BCUT2D eigenvalue weighted by Gasteiger charge is -2.17. The van der Waals surface area contributed by atoms with E-state index in [0.717, 1.165) is 22.6 Å². The molecule has 0 aliphatic heterocycles. The lowest BCUT2D eigenvalue weighted by Crippen LogP contribution is -2.26. The fraction of sp³-hybridized carbons (Fsp3) is 0.227. The number of carbonyl (C=O) groups excluding carboxylic acids is 1. The number of hydrogen-bond donors (Lipinski definition) is 0. The van der Waals surface area contributed by atoms with Crippen LogP contribution in [0.5, 0.6) is 5.75 Å². The zero-order chi connectivity index (χ0) is 20.1. The molecule has 1 amide bonds. The molecule has 1 aromatic heterocycles. The van der Waals surface area contributed by atoms with Gasteiger partial charge < -0.3 is 14.2 Å². The van der Waals surface area contributed by atoms with E-state index in [1.54, 1.807) is 48.3 Å². The van der Waals surface area contributed by atoms with Gasteiger partial charge >= 0.3 is 0 Å². The molecule has 0 atom stereocenters. The van der Waals surface area contributed by atoms with E-state index in [1.807, 2.05) is 26.0 Å². The van der Waals surface area contributed by atoms with Gasteiger partial charge in [0.25, 0.3) is 5.91 Å². The minimum absolute atomic E-state index is 0.0818. The summed E-state index contributed by atoms with van der Waals surface area (Å²) in [5.41, 5.74) is 3.90. The smallest absolute Gasteiger partial charge is 0.253 e. The zero-order valence-electron chi connectivity index (χ0n) is 16.1. The fourth-order valence-corrected chi connectivity index (χ4v) is 2.81. The van der Waals surface area contributed by atoms with E-state index >= 15 is 0 Å². The Morgan fingerprint density at radius 2 is 1.82 bits per heavy atom. The van der Waals surface area contributed by atoms with Gasteiger partial charge in [-0.3, -0.25) is 4.79 Å². The quantitative estimate of drug-likeness (QED) is 0.650. The maximum Gasteiger partial charge on any atom is 0.253 e. The number of nitriles is 1.